The first kappa shape index (κ1) is 16.4. The molecule has 1 saturated carbocycles. The predicted molar refractivity (Wildman–Crippen MR) is 86.1 cm³/mol. The first-order chi connectivity index (χ1) is 11.0. The molecular weight excluding hydrogens is 334 g/mol. The number of thiophene rings is 1. The smallest absolute Gasteiger partial charge is 0.252 e. The number of sulfonamides is 1. The highest BCUT2D eigenvalue weighted by molar-refractivity contribution is 7.91. The molecule has 0 unspecified atom stereocenters. The molecule has 0 radical (unpaired) electrons. The molecular formula is C15H19N3O3S2. The molecule has 1 amide bonds. The van der Waals surface area contributed by atoms with Crippen LogP contribution in [0.4, 0.5) is 0 Å². The van der Waals surface area contributed by atoms with Crippen molar-refractivity contribution >= 4 is 27.3 Å². The molecule has 3 rings (SSSR count). The zero-order valence-electron chi connectivity index (χ0n) is 12.7. The van der Waals surface area contributed by atoms with Crippen LogP contribution in [-0.4, -0.2) is 49.2 Å². The van der Waals surface area contributed by atoms with Gasteiger partial charge in [-0.2, -0.15) is 9.57 Å². The van der Waals surface area contributed by atoms with Crippen molar-refractivity contribution in [3.8, 4) is 6.07 Å². The predicted octanol–water partition coefficient (Wildman–Crippen LogP) is 1.66. The van der Waals surface area contributed by atoms with Crippen molar-refractivity contribution in [3.63, 3.8) is 0 Å². The number of carbonyl (C=O) groups is 1. The molecule has 23 heavy (non-hydrogen) atoms. The van der Waals surface area contributed by atoms with Crippen molar-refractivity contribution in [3.05, 3.63) is 17.5 Å². The Morgan fingerprint density at radius 3 is 2.57 bits per heavy atom. The number of carbonyl (C=O) groups excluding carboxylic acids is 1. The Bertz CT molecular complexity index is 697. The number of nitriles is 1. The molecule has 2 aliphatic rings. The van der Waals surface area contributed by atoms with Crippen molar-refractivity contribution in [1.29, 1.82) is 5.26 Å². The van der Waals surface area contributed by atoms with Crippen LogP contribution >= 0.6 is 11.3 Å². The lowest BCUT2D eigenvalue weighted by molar-refractivity contribution is -0.136. The standard InChI is InChI=1S/C15H19N3O3S2/c16-7-10-18(13-3-4-13)15(19)12-5-8-17(9-6-12)23(20,21)14-2-1-11-22-14/h1-2,11-13H,3-6,8-10H2. The Hall–Kier alpha value is -1.43. The molecule has 0 atom stereocenters. The Kier molecular flexibility index (Phi) is 4.71. The Morgan fingerprint density at radius 1 is 1.35 bits per heavy atom. The summed E-state index contributed by atoms with van der Waals surface area (Å²) in [4.78, 5) is 14.2. The summed E-state index contributed by atoms with van der Waals surface area (Å²) in [6, 6.07) is 5.61. The molecule has 1 aliphatic carbocycles. The van der Waals surface area contributed by atoms with Crippen LogP contribution < -0.4 is 0 Å². The summed E-state index contributed by atoms with van der Waals surface area (Å²) in [6.07, 6.45) is 2.99. The fourth-order valence-corrected chi connectivity index (χ4v) is 5.58. The molecule has 1 aromatic heterocycles. The summed E-state index contributed by atoms with van der Waals surface area (Å²) < 4.78 is 26.8. The largest absolute Gasteiger partial charge is 0.326 e. The van der Waals surface area contributed by atoms with E-state index in [1.165, 1.54) is 15.6 Å². The molecule has 0 spiro atoms. The van der Waals surface area contributed by atoms with Gasteiger partial charge in [0.05, 0.1) is 6.07 Å². The van der Waals surface area contributed by atoms with E-state index >= 15 is 0 Å². The van der Waals surface area contributed by atoms with Gasteiger partial charge in [-0.3, -0.25) is 4.79 Å². The van der Waals surface area contributed by atoms with Gasteiger partial charge in [0.25, 0.3) is 10.0 Å². The van der Waals surface area contributed by atoms with Crippen LogP contribution in [0.15, 0.2) is 21.7 Å². The van der Waals surface area contributed by atoms with E-state index in [1.54, 1.807) is 22.4 Å². The van der Waals surface area contributed by atoms with Crippen molar-refractivity contribution < 1.29 is 13.2 Å². The number of rotatable bonds is 5. The lowest BCUT2D eigenvalue weighted by atomic mass is 9.96. The van der Waals surface area contributed by atoms with Crippen molar-refractivity contribution in [2.75, 3.05) is 19.6 Å². The van der Waals surface area contributed by atoms with E-state index in [-0.39, 0.29) is 24.4 Å². The molecule has 2 heterocycles. The quantitative estimate of drug-likeness (QED) is 0.754. The molecule has 6 nitrogen and oxygen atoms in total. The number of piperidine rings is 1. The van der Waals surface area contributed by atoms with Gasteiger partial charge in [-0.05, 0) is 37.1 Å². The van der Waals surface area contributed by atoms with Crippen LogP contribution in [0.1, 0.15) is 25.7 Å². The van der Waals surface area contributed by atoms with Gasteiger partial charge < -0.3 is 4.90 Å². The lowest BCUT2D eigenvalue weighted by Crippen LogP contribution is -2.45. The minimum Gasteiger partial charge on any atom is -0.326 e. The van der Waals surface area contributed by atoms with Crippen molar-refractivity contribution in [1.82, 2.24) is 9.21 Å². The highest BCUT2D eigenvalue weighted by Crippen LogP contribution is 2.31. The first-order valence-electron chi connectivity index (χ1n) is 7.75. The van der Waals surface area contributed by atoms with Gasteiger partial charge in [0.1, 0.15) is 10.8 Å². The number of hydrogen-bond acceptors (Lipinski definition) is 5. The molecule has 2 fully saturated rings. The van der Waals surface area contributed by atoms with Gasteiger partial charge in [-0.15, -0.1) is 11.3 Å². The van der Waals surface area contributed by atoms with Crippen LogP contribution in [0.2, 0.25) is 0 Å². The van der Waals surface area contributed by atoms with Gasteiger partial charge in [-0.1, -0.05) is 6.07 Å². The number of hydrogen-bond donors (Lipinski definition) is 0. The lowest BCUT2D eigenvalue weighted by Gasteiger charge is -2.32. The average Bonchev–Trinajstić information content (AvgIpc) is 3.23. The first-order valence-corrected chi connectivity index (χ1v) is 10.1. The second-order valence-corrected chi connectivity index (χ2v) is 9.08. The van der Waals surface area contributed by atoms with E-state index in [0.717, 1.165) is 12.8 Å². The summed E-state index contributed by atoms with van der Waals surface area (Å²) in [6.45, 7) is 0.862. The maximum absolute atomic E-state index is 12.6. The highest BCUT2D eigenvalue weighted by atomic mass is 32.2. The normalized spacial score (nSPS) is 20.1. The van der Waals surface area contributed by atoms with Crippen LogP contribution in [0.5, 0.6) is 0 Å². The topological polar surface area (TPSA) is 81.5 Å². The van der Waals surface area contributed by atoms with E-state index in [4.69, 9.17) is 5.26 Å². The molecule has 1 aliphatic heterocycles. The summed E-state index contributed by atoms with van der Waals surface area (Å²) in [5, 5.41) is 10.6. The maximum atomic E-state index is 12.6. The number of nitrogens with zero attached hydrogens (tertiary/aromatic N) is 3. The van der Waals surface area contributed by atoms with E-state index in [2.05, 4.69) is 6.07 Å². The molecule has 0 aromatic carbocycles. The Balaban J connectivity index is 1.62. The molecule has 1 aromatic rings. The Labute approximate surface area is 140 Å². The Morgan fingerprint density at radius 2 is 2.04 bits per heavy atom. The van der Waals surface area contributed by atoms with Crippen LogP contribution in [0.25, 0.3) is 0 Å². The third-order valence-corrected chi connectivity index (χ3v) is 7.68. The highest BCUT2D eigenvalue weighted by Gasteiger charge is 2.38. The fraction of sp³-hybridized carbons (Fsp3) is 0.600. The third kappa shape index (κ3) is 3.42. The molecule has 124 valence electrons. The zero-order chi connectivity index (χ0) is 16.4. The summed E-state index contributed by atoms with van der Waals surface area (Å²) in [7, 11) is -3.43. The van der Waals surface area contributed by atoms with Crippen molar-refractivity contribution in [2.45, 2.75) is 35.9 Å². The van der Waals surface area contributed by atoms with Crippen LogP contribution in [0.3, 0.4) is 0 Å². The van der Waals surface area contributed by atoms with Gasteiger partial charge in [-0.25, -0.2) is 8.42 Å². The van der Waals surface area contributed by atoms with Crippen LogP contribution in [-0.2, 0) is 14.8 Å². The SMILES string of the molecule is N#CCN(C(=O)C1CCN(S(=O)(=O)c2cccs2)CC1)C1CC1. The van der Waals surface area contributed by atoms with Crippen LogP contribution in [0, 0.1) is 17.2 Å². The monoisotopic (exact) mass is 353 g/mol. The molecule has 0 N–H and O–H groups in total. The third-order valence-electron chi connectivity index (χ3n) is 4.40. The second-order valence-electron chi connectivity index (χ2n) is 5.97. The van der Waals surface area contributed by atoms with Gasteiger partial charge in [0.2, 0.25) is 5.91 Å². The fourth-order valence-electron chi connectivity index (χ4n) is 2.96. The van der Waals surface area contributed by atoms with E-state index in [0.29, 0.717) is 30.1 Å². The van der Waals surface area contributed by atoms with E-state index < -0.39 is 10.0 Å². The van der Waals surface area contributed by atoms with Crippen molar-refractivity contribution in [2.24, 2.45) is 5.92 Å². The van der Waals surface area contributed by atoms with Gasteiger partial charge >= 0.3 is 0 Å². The van der Waals surface area contributed by atoms with Gasteiger partial charge in [0.15, 0.2) is 0 Å². The average molecular weight is 353 g/mol. The number of amides is 1. The van der Waals surface area contributed by atoms with Gasteiger partial charge in [0, 0.05) is 25.0 Å². The molecule has 1 saturated heterocycles. The zero-order valence-corrected chi connectivity index (χ0v) is 14.4. The minimum absolute atomic E-state index is 0.0159. The molecule has 8 heteroatoms. The second kappa shape index (κ2) is 6.59. The summed E-state index contributed by atoms with van der Waals surface area (Å²) in [5.41, 5.74) is 0. The maximum Gasteiger partial charge on any atom is 0.252 e. The summed E-state index contributed by atoms with van der Waals surface area (Å²) in [5.74, 6) is -0.152. The van der Waals surface area contributed by atoms with E-state index in [1.807, 2.05) is 0 Å². The molecule has 0 bridgehead atoms. The van der Waals surface area contributed by atoms with E-state index in [9.17, 15) is 13.2 Å². The minimum atomic E-state index is -3.43. The summed E-state index contributed by atoms with van der Waals surface area (Å²) >= 11 is 1.21.